The van der Waals surface area contributed by atoms with Gasteiger partial charge in [-0.3, -0.25) is 0 Å². The fraction of sp³-hybridized carbons (Fsp3) is 0.833. The Morgan fingerprint density at radius 2 is 1.87 bits per heavy atom. The fourth-order valence-corrected chi connectivity index (χ4v) is 1.78. The molecule has 1 heterocycles. The maximum atomic E-state index is 4.30. The second-order valence-electron chi connectivity index (χ2n) is 4.90. The van der Waals surface area contributed by atoms with Gasteiger partial charge in [-0.1, -0.05) is 39.8 Å². The van der Waals surface area contributed by atoms with Gasteiger partial charge in [0.05, 0.1) is 11.4 Å². The van der Waals surface area contributed by atoms with Gasteiger partial charge in [-0.15, -0.1) is 5.10 Å². The number of hydrogen-bond donors (Lipinski definition) is 0. The standard InChI is InChI=1S/C12H23N3/c1-6-7-15-11(8-9(2)3)12(10(4)5)13-14-15/h9-10H,6-8H2,1-5H3. The van der Waals surface area contributed by atoms with Gasteiger partial charge in [0.1, 0.15) is 0 Å². The van der Waals surface area contributed by atoms with Gasteiger partial charge >= 0.3 is 0 Å². The maximum Gasteiger partial charge on any atom is 0.0884 e. The predicted molar refractivity (Wildman–Crippen MR) is 62.9 cm³/mol. The van der Waals surface area contributed by atoms with Gasteiger partial charge in [0, 0.05) is 6.54 Å². The van der Waals surface area contributed by atoms with Crippen LogP contribution >= 0.6 is 0 Å². The highest BCUT2D eigenvalue weighted by atomic mass is 15.4. The van der Waals surface area contributed by atoms with Gasteiger partial charge in [-0.05, 0) is 24.7 Å². The van der Waals surface area contributed by atoms with Crippen LogP contribution in [0.2, 0.25) is 0 Å². The van der Waals surface area contributed by atoms with E-state index < -0.39 is 0 Å². The number of nitrogens with zero attached hydrogens (tertiary/aromatic N) is 3. The third-order valence-corrected chi connectivity index (χ3v) is 2.45. The summed E-state index contributed by atoms with van der Waals surface area (Å²) in [5.74, 6) is 1.14. The molecule has 15 heavy (non-hydrogen) atoms. The Morgan fingerprint density at radius 1 is 1.20 bits per heavy atom. The Kier molecular flexibility index (Phi) is 4.30. The quantitative estimate of drug-likeness (QED) is 0.746. The zero-order chi connectivity index (χ0) is 11.4. The van der Waals surface area contributed by atoms with E-state index in [9.17, 15) is 0 Å². The molecule has 0 atom stereocenters. The first-order chi connectivity index (χ1) is 7.06. The third-order valence-electron chi connectivity index (χ3n) is 2.45. The van der Waals surface area contributed by atoms with Crippen molar-refractivity contribution in [3.8, 4) is 0 Å². The van der Waals surface area contributed by atoms with E-state index in [0.717, 1.165) is 19.4 Å². The first kappa shape index (κ1) is 12.2. The molecule has 0 N–H and O–H groups in total. The van der Waals surface area contributed by atoms with Crippen LogP contribution in [0, 0.1) is 5.92 Å². The average Bonchev–Trinajstić information content (AvgIpc) is 2.48. The largest absolute Gasteiger partial charge is 0.249 e. The van der Waals surface area contributed by atoms with E-state index in [4.69, 9.17) is 0 Å². The Bertz CT molecular complexity index is 300. The average molecular weight is 209 g/mol. The van der Waals surface area contributed by atoms with Crippen molar-refractivity contribution in [2.45, 2.75) is 59.9 Å². The van der Waals surface area contributed by atoms with Crippen molar-refractivity contribution in [3.05, 3.63) is 11.4 Å². The van der Waals surface area contributed by atoms with Crippen molar-refractivity contribution < 1.29 is 0 Å². The van der Waals surface area contributed by atoms with Gasteiger partial charge in [0.2, 0.25) is 0 Å². The summed E-state index contributed by atoms with van der Waals surface area (Å²) in [4.78, 5) is 0. The molecular weight excluding hydrogens is 186 g/mol. The van der Waals surface area contributed by atoms with Gasteiger partial charge in [0.15, 0.2) is 0 Å². The van der Waals surface area contributed by atoms with Crippen LogP contribution in [0.1, 0.15) is 58.3 Å². The van der Waals surface area contributed by atoms with Gasteiger partial charge in [-0.2, -0.15) is 0 Å². The van der Waals surface area contributed by atoms with Crippen LogP contribution < -0.4 is 0 Å². The number of hydrogen-bond acceptors (Lipinski definition) is 2. The SMILES string of the molecule is CCCn1nnc(C(C)C)c1CC(C)C. The van der Waals surface area contributed by atoms with Crippen LogP contribution in [0.5, 0.6) is 0 Å². The molecule has 0 aliphatic carbocycles. The van der Waals surface area contributed by atoms with Crippen LogP contribution in [0.3, 0.4) is 0 Å². The summed E-state index contributed by atoms with van der Waals surface area (Å²) in [5.41, 5.74) is 2.51. The summed E-state index contributed by atoms with van der Waals surface area (Å²) in [6, 6.07) is 0. The molecule has 0 unspecified atom stereocenters. The molecule has 1 rings (SSSR count). The molecule has 1 aromatic heterocycles. The lowest BCUT2D eigenvalue weighted by Crippen LogP contribution is -2.09. The van der Waals surface area contributed by atoms with Crippen molar-refractivity contribution in [2.24, 2.45) is 5.92 Å². The first-order valence-corrected chi connectivity index (χ1v) is 5.98. The highest BCUT2D eigenvalue weighted by Gasteiger charge is 2.15. The molecule has 3 nitrogen and oxygen atoms in total. The lowest BCUT2D eigenvalue weighted by molar-refractivity contribution is 0.525. The zero-order valence-electron chi connectivity index (χ0n) is 10.6. The smallest absolute Gasteiger partial charge is 0.0884 e. The predicted octanol–water partition coefficient (Wildman–Crippen LogP) is 3.01. The lowest BCUT2D eigenvalue weighted by atomic mass is 10.0. The molecule has 0 aliphatic rings. The molecule has 3 heteroatoms. The van der Waals surface area contributed by atoms with E-state index in [1.165, 1.54) is 11.4 Å². The van der Waals surface area contributed by atoms with Crippen molar-refractivity contribution in [1.82, 2.24) is 15.0 Å². The highest BCUT2D eigenvalue weighted by Crippen LogP contribution is 2.19. The monoisotopic (exact) mass is 209 g/mol. The molecule has 0 saturated heterocycles. The summed E-state index contributed by atoms with van der Waals surface area (Å²) in [6.45, 7) is 12.0. The molecule has 0 aromatic carbocycles. The summed E-state index contributed by atoms with van der Waals surface area (Å²) in [6.07, 6.45) is 2.20. The van der Waals surface area contributed by atoms with E-state index in [1.54, 1.807) is 0 Å². The molecule has 86 valence electrons. The van der Waals surface area contributed by atoms with Crippen molar-refractivity contribution >= 4 is 0 Å². The van der Waals surface area contributed by atoms with E-state index in [2.05, 4.69) is 49.6 Å². The van der Waals surface area contributed by atoms with E-state index >= 15 is 0 Å². The summed E-state index contributed by atoms with van der Waals surface area (Å²) >= 11 is 0. The number of aromatic nitrogens is 3. The molecule has 0 bridgehead atoms. The number of aryl methyl sites for hydroxylation is 1. The van der Waals surface area contributed by atoms with Crippen LogP contribution in [0.4, 0.5) is 0 Å². The molecule has 0 aliphatic heterocycles. The van der Waals surface area contributed by atoms with Crippen molar-refractivity contribution in [3.63, 3.8) is 0 Å². The molecule has 0 radical (unpaired) electrons. The van der Waals surface area contributed by atoms with Gasteiger partial charge < -0.3 is 0 Å². The van der Waals surface area contributed by atoms with Crippen LogP contribution in [-0.4, -0.2) is 15.0 Å². The second kappa shape index (κ2) is 5.29. The molecule has 0 fully saturated rings. The maximum absolute atomic E-state index is 4.30. The normalized spacial score (nSPS) is 11.7. The first-order valence-electron chi connectivity index (χ1n) is 5.98. The van der Waals surface area contributed by atoms with E-state index in [1.807, 2.05) is 0 Å². The minimum atomic E-state index is 0.476. The van der Waals surface area contributed by atoms with Crippen LogP contribution in [-0.2, 0) is 13.0 Å². The van der Waals surface area contributed by atoms with Crippen LogP contribution in [0.25, 0.3) is 0 Å². The molecular formula is C12H23N3. The van der Waals surface area contributed by atoms with E-state index in [0.29, 0.717) is 11.8 Å². The topological polar surface area (TPSA) is 30.7 Å². The van der Waals surface area contributed by atoms with Crippen molar-refractivity contribution in [2.75, 3.05) is 0 Å². The second-order valence-corrected chi connectivity index (χ2v) is 4.90. The van der Waals surface area contributed by atoms with Crippen LogP contribution in [0.15, 0.2) is 0 Å². The van der Waals surface area contributed by atoms with Gasteiger partial charge in [-0.25, -0.2) is 4.68 Å². The Morgan fingerprint density at radius 3 is 2.33 bits per heavy atom. The fourth-order valence-electron chi connectivity index (χ4n) is 1.78. The summed E-state index contributed by atoms with van der Waals surface area (Å²) in [5, 5.41) is 8.55. The zero-order valence-corrected chi connectivity index (χ0v) is 10.6. The third kappa shape index (κ3) is 3.05. The highest BCUT2D eigenvalue weighted by molar-refractivity contribution is 5.14. The lowest BCUT2D eigenvalue weighted by Gasteiger charge is -2.10. The van der Waals surface area contributed by atoms with E-state index in [-0.39, 0.29) is 0 Å². The summed E-state index contributed by atoms with van der Waals surface area (Å²) < 4.78 is 2.08. The molecule has 0 spiro atoms. The minimum Gasteiger partial charge on any atom is -0.249 e. The molecule has 1 aromatic rings. The Hall–Kier alpha value is -0.860. The Labute approximate surface area is 92.9 Å². The number of rotatable bonds is 5. The molecule has 0 amide bonds. The van der Waals surface area contributed by atoms with Gasteiger partial charge in [0.25, 0.3) is 0 Å². The molecule has 0 saturated carbocycles. The summed E-state index contributed by atoms with van der Waals surface area (Å²) in [7, 11) is 0. The Balaban J connectivity index is 2.97. The minimum absolute atomic E-state index is 0.476. The van der Waals surface area contributed by atoms with Crippen molar-refractivity contribution in [1.29, 1.82) is 0 Å².